The Hall–Kier alpha value is -0.550. The van der Waals surface area contributed by atoms with Crippen molar-refractivity contribution in [2.24, 2.45) is 0 Å². The van der Waals surface area contributed by atoms with Gasteiger partial charge in [0.2, 0.25) is 0 Å². The van der Waals surface area contributed by atoms with E-state index in [1.54, 1.807) is 0 Å². The molecule has 104 valence electrons. The normalized spacial score (nSPS) is 29.2. The highest BCUT2D eigenvalue weighted by atomic mass is 32.2. The van der Waals surface area contributed by atoms with Crippen molar-refractivity contribution in [1.82, 2.24) is 5.32 Å². The Morgan fingerprint density at radius 3 is 3.00 bits per heavy atom. The van der Waals surface area contributed by atoms with Crippen LogP contribution in [0.5, 0.6) is 0 Å². The van der Waals surface area contributed by atoms with Crippen molar-refractivity contribution in [2.45, 2.75) is 37.5 Å². The van der Waals surface area contributed by atoms with Crippen LogP contribution >= 0.6 is 11.8 Å². The van der Waals surface area contributed by atoms with Crippen molar-refractivity contribution in [3.8, 4) is 0 Å². The summed E-state index contributed by atoms with van der Waals surface area (Å²) in [6, 6.07) is 9.15. The predicted octanol–water partition coefficient (Wildman–Crippen LogP) is 2.72. The van der Waals surface area contributed by atoms with Gasteiger partial charge in [-0.1, -0.05) is 24.3 Å². The number of fused-ring (bicyclic) bond motifs is 1. The number of rotatable bonds is 3. The van der Waals surface area contributed by atoms with Crippen LogP contribution in [0.15, 0.2) is 24.3 Å². The number of hydrogen-bond acceptors (Lipinski definition) is 4. The second-order valence-electron chi connectivity index (χ2n) is 5.63. The molecule has 1 aromatic rings. The number of thioether (sulfide) groups is 1. The minimum absolute atomic E-state index is 0.161. The van der Waals surface area contributed by atoms with E-state index in [0.717, 1.165) is 18.1 Å². The zero-order chi connectivity index (χ0) is 13.3. The third kappa shape index (κ3) is 3.14. The molecule has 3 rings (SSSR count). The van der Waals surface area contributed by atoms with Crippen LogP contribution in [0.4, 0.5) is 0 Å². The van der Waals surface area contributed by atoms with Crippen molar-refractivity contribution in [2.75, 3.05) is 18.9 Å². The molecule has 4 heteroatoms. The quantitative estimate of drug-likeness (QED) is 0.921. The molecule has 0 radical (unpaired) electrons. The number of hydrogen-bond donors (Lipinski definition) is 1. The smallest absolute Gasteiger partial charge is 0.163 e. The summed E-state index contributed by atoms with van der Waals surface area (Å²) < 4.78 is 11.4. The van der Waals surface area contributed by atoms with E-state index >= 15 is 0 Å². The van der Waals surface area contributed by atoms with Gasteiger partial charge in [-0.2, -0.15) is 11.8 Å². The van der Waals surface area contributed by atoms with Crippen LogP contribution in [-0.4, -0.2) is 30.8 Å². The highest BCUT2D eigenvalue weighted by Crippen LogP contribution is 2.31. The van der Waals surface area contributed by atoms with E-state index in [0.29, 0.717) is 12.6 Å². The lowest BCUT2D eigenvalue weighted by Crippen LogP contribution is -2.35. The third-order valence-electron chi connectivity index (χ3n) is 3.63. The Morgan fingerprint density at radius 2 is 2.21 bits per heavy atom. The summed E-state index contributed by atoms with van der Waals surface area (Å²) in [4.78, 5) is 0. The lowest BCUT2D eigenvalue weighted by atomic mass is 10.0. The summed E-state index contributed by atoms with van der Waals surface area (Å²) in [6.07, 6.45) is 0.161. The lowest BCUT2D eigenvalue weighted by molar-refractivity contribution is -0.137. The van der Waals surface area contributed by atoms with Crippen molar-refractivity contribution >= 4 is 11.8 Å². The second-order valence-corrected chi connectivity index (χ2v) is 6.66. The molecule has 0 bridgehead atoms. The molecule has 2 heterocycles. The third-order valence-corrected chi connectivity index (χ3v) is 4.72. The monoisotopic (exact) mass is 279 g/mol. The Labute approximate surface area is 119 Å². The Kier molecular flexibility index (Phi) is 3.85. The molecule has 0 aromatic heterocycles. The minimum Gasteiger partial charge on any atom is -0.348 e. The summed E-state index contributed by atoms with van der Waals surface area (Å²) in [6.45, 7) is 5.47. The first-order valence-electron chi connectivity index (χ1n) is 6.85. The van der Waals surface area contributed by atoms with E-state index in [-0.39, 0.29) is 6.10 Å². The first-order valence-corrected chi connectivity index (χ1v) is 8.00. The van der Waals surface area contributed by atoms with Crippen molar-refractivity contribution < 1.29 is 9.47 Å². The fraction of sp³-hybridized carbons (Fsp3) is 0.600. The van der Waals surface area contributed by atoms with Crippen LogP contribution in [-0.2, 0) is 15.2 Å². The van der Waals surface area contributed by atoms with E-state index in [1.165, 1.54) is 11.1 Å². The Bertz CT molecular complexity index is 450. The number of ether oxygens (including phenoxy) is 2. The average Bonchev–Trinajstić information content (AvgIpc) is 2.76. The van der Waals surface area contributed by atoms with Gasteiger partial charge in [0.1, 0.15) is 0 Å². The number of benzene rings is 1. The maximum atomic E-state index is 5.84. The van der Waals surface area contributed by atoms with Crippen LogP contribution in [0.1, 0.15) is 31.0 Å². The highest BCUT2D eigenvalue weighted by Gasteiger charge is 2.33. The average molecular weight is 279 g/mol. The summed E-state index contributed by atoms with van der Waals surface area (Å²) >= 11 is 1.99. The molecule has 1 saturated heterocycles. The van der Waals surface area contributed by atoms with Gasteiger partial charge >= 0.3 is 0 Å². The standard InChI is InChI=1S/C15H21NO2S/c1-15(2)17-8-12(18-15)7-16-14-10-19-9-11-5-3-4-6-13(11)14/h3-6,12,14,16H,7-10H2,1-2H3. The van der Waals surface area contributed by atoms with Gasteiger partial charge in [-0.15, -0.1) is 0 Å². The van der Waals surface area contributed by atoms with Gasteiger partial charge in [0.25, 0.3) is 0 Å². The second kappa shape index (κ2) is 5.44. The van der Waals surface area contributed by atoms with Crippen LogP contribution in [0.3, 0.4) is 0 Å². The molecule has 1 N–H and O–H groups in total. The molecular formula is C15H21NO2S. The van der Waals surface area contributed by atoms with Crippen molar-refractivity contribution in [1.29, 1.82) is 0 Å². The topological polar surface area (TPSA) is 30.5 Å². The molecule has 2 aliphatic heterocycles. The molecule has 0 aliphatic carbocycles. The molecule has 0 saturated carbocycles. The van der Waals surface area contributed by atoms with Gasteiger partial charge < -0.3 is 14.8 Å². The van der Waals surface area contributed by atoms with Gasteiger partial charge in [-0.05, 0) is 25.0 Å². The van der Waals surface area contributed by atoms with Gasteiger partial charge in [-0.3, -0.25) is 0 Å². The largest absolute Gasteiger partial charge is 0.348 e. The molecule has 0 amide bonds. The highest BCUT2D eigenvalue weighted by molar-refractivity contribution is 7.98. The maximum Gasteiger partial charge on any atom is 0.163 e. The molecule has 2 atom stereocenters. The fourth-order valence-corrected chi connectivity index (χ4v) is 3.82. The molecular weight excluding hydrogens is 258 g/mol. The van der Waals surface area contributed by atoms with Gasteiger partial charge in [0.15, 0.2) is 5.79 Å². The molecule has 2 unspecified atom stereocenters. The van der Waals surface area contributed by atoms with E-state index in [1.807, 2.05) is 25.6 Å². The van der Waals surface area contributed by atoms with Gasteiger partial charge in [-0.25, -0.2) is 0 Å². The summed E-state index contributed by atoms with van der Waals surface area (Å²) in [5.41, 5.74) is 2.90. The van der Waals surface area contributed by atoms with Crippen LogP contribution in [0.25, 0.3) is 0 Å². The first kappa shape index (κ1) is 13.4. The van der Waals surface area contributed by atoms with Gasteiger partial charge in [0.05, 0.1) is 12.7 Å². The van der Waals surface area contributed by atoms with Crippen LogP contribution in [0, 0.1) is 0 Å². The molecule has 1 fully saturated rings. The van der Waals surface area contributed by atoms with E-state index in [4.69, 9.17) is 9.47 Å². The van der Waals surface area contributed by atoms with E-state index in [9.17, 15) is 0 Å². The summed E-state index contributed by atoms with van der Waals surface area (Å²) in [5.74, 6) is 1.84. The summed E-state index contributed by atoms with van der Waals surface area (Å²) in [5, 5.41) is 3.63. The SMILES string of the molecule is CC1(C)OCC(CNC2CSCc3ccccc32)O1. The van der Waals surface area contributed by atoms with Crippen LogP contribution in [0.2, 0.25) is 0 Å². The fourth-order valence-electron chi connectivity index (χ4n) is 2.69. The van der Waals surface area contributed by atoms with Crippen molar-refractivity contribution in [3.05, 3.63) is 35.4 Å². The zero-order valence-electron chi connectivity index (χ0n) is 11.5. The minimum atomic E-state index is -0.425. The molecule has 3 nitrogen and oxygen atoms in total. The molecule has 2 aliphatic rings. The Morgan fingerprint density at radius 1 is 1.37 bits per heavy atom. The maximum absolute atomic E-state index is 5.84. The van der Waals surface area contributed by atoms with Crippen molar-refractivity contribution in [3.63, 3.8) is 0 Å². The van der Waals surface area contributed by atoms with E-state index < -0.39 is 5.79 Å². The molecule has 19 heavy (non-hydrogen) atoms. The van der Waals surface area contributed by atoms with Gasteiger partial charge in [0, 0.05) is 24.1 Å². The number of nitrogens with one attached hydrogen (secondary N) is 1. The summed E-state index contributed by atoms with van der Waals surface area (Å²) in [7, 11) is 0. The predicted molar refractivity (Wildman–Crippen MR) is 78.3 cm³/mol. The lowest BCUT2D eigenvalue weighted by Gasteiger charge is -2.27. The first-order chi connectivity index (χ1) is 9.14. The zero-order valence-corrected chi connectivity index (χ0v) is 12.3. The molecule has 0 spiro atoms. The Balaban J connectivity index is 1.60. The molecule has 1 aromatic carbocycles. The van der Waals surface area contributed by atoms with Crippen LogP contribution < -0.4 is 5.32 Å². The van der Waals surface area contributed by atoms with E-state index in [2.05, 4.69) is 29.6 Å².